The van der Waals surface area contributed by atoms with Crippen molar-refractivity contribution < 1.29 is 4.79 Å². The molecule has 0 aromatic carbocycles. The van der Waals surface area contributed by atoms with E-state index in [2.05, 4.69) is 19.2 Å². The van der Waals surface area contributed by atoms with Gasteiger partial charge < -0.3 is 10.2 Å². The highest BCUT2D eigenvalue weighted by molar-refractivity contribution is 8.00. The normalized spacial score (nSPS) is 21.3. The van der Waals surface area contributed by atoms with Crippen molar-refractivity contribution in [3.8, 4) is 0 Å². The van der Waals surface area contributed by atoms with Crippen LogP contribution < -0.4 is 5.32 Å². The van der Waals surface area contributed by atoms with Gasteiger partial charge in [-0.25, -0.2) is 4.79 Å². The number of urea groups is 1. The summed E-state index contributed by atoms with van der Waals surface area (Å²) in [5.74, 6) is 1.04. The minimum atomic E-state index is 0.0864. The molecule has 3 nitrogen and oxygen atoms in total. The van der Waals surface area contributed by atoms with Gasteiger partial charge in [-0.2, -0.15) is 11.8 Å². The van der Waals surface area contributed by atoms with Crippen LogP contribution in [0.4, 0.5) is 4.79 Å². The zero-order valence-electron chi connectivity index (χ0n) is 10.2. The molecule has 0 saturated carbocycles. The third-order valence-electron chi connectivity index (χ3n) is 2.54. The fourth-order valence-electron chi connectivity index (χ4n) is 1.56. The van der Waals surface area contributed by atoms with Gasteiger partial charge in [0.15, 0.2) is 0 Å². The van der Waals surface area contributed by atoms with Crippen molar-refractivity contribution in [2.24, 2.45) is 0 Å². The summed E-state index contributed by atoms with van der Waals surface area (Å²) in [6.45, 7) is 10.2. The lowest BCUT2D eigenvalue weighted by molar-refractivity contribution is 0.197. The number of rotatable bonds is 1. The van der Waals surface area contributed by atoms with Gasteiger partial charge in [-0.15, -0.1) is 0 Å². The second-order valence-corrected chi connectivity index (χ2v) is 6.75. The molecule has 0 atom stereocenters. The van der Waals surface area contributed by atoms with Crippen molar-refractivity contribution in [2.75, 3.05) is 18.8 Å². The van der Waals surface area contributed by atoms with E-state index >= 15 is 0 Å². The lowest BCUT2D eigenvalue weighted by Gasteiger charge is -2.23. The SMILES string of the molecule is CC(C)NC(=O)N1CCSC(C)(C)CC1. The summed E-state index contributed by atoms with van der Waals surface area (Å²) in [6.07, 6.45) is 1.07. The van der Waals surface area contributed by atoms with E-state index in [4.69, 9.17) is 0 Å². The van der Waals surface area contributed by atoms with Crippen LogP contribution in [-0.2, 0) is 0 Å². The van der Waals surface area contributed by atoms with Gasteiger partial charge >= 0.3 is 6.03 Å². The molecule has 1 heterocycles. The Morgan fingerprint density at radius 3 is 2.67 bits per heavy atom. The van der Waals surface area contributed by atoms with E-state index in [-0.39, 0.29) is 12.1 Å². The largest absolute Gasteiger partial charge is 0.336 e. The van der Waals surface area contributed by atoms with Crippen LogP contribution in [0.2, 0.25) is 0 Å². The summed E-state index contributed by atoms with van der Waals surface area (Å²) in [6, 6.07) is 0.310. The van der Waals surface area contributed by atoms with Crippen molar-refractivity contribution in [1.29, 1.82) is 0 Å². The summed E-state index contributed by atoms with van der Waals surface area (Å²) in [7, 11) is 0. The van der Waals surface area contributed by atoms with Gasteiger partial charge in [-0.05, 0) is 20.3 Å². The van der Waals surface area contributed by atoms with Crippen molar-refractivity contribution in [3.05, 3.63) is 0 Å². The molecule has 0 aromatic rings. The highest BCUT2D eigenvalue weighted by Crippen LogP contribution is 2.30. The average Bonchev–Trinajstić information content (AvgIpc) is 2.25. The van der Waals surface area contributed by atoms with Gasteiger partial charge in [-0.1, -0.05) is 13.8 Å². The Labute approximate surface area is 97.0 Å². The summed E-state index contributed by atoms with van der Waals surface area (Å²) < 4.78 is 0.312. The zero-order valence-corrected chi connectivity index (χ0v) is 11.0. The number of nitrogens with one attached hydrogen (secondary N) is 1. The lowest BCUT2D eigenvalue weighted by atomic mass is 10.1. The summed E-state index contributed by atoms with van der Waals surface area (Å²) in [5, 5.41) is 2.95. The number of nitrogens with zero attached hydrogens (tertiary/aromatic N) is 1. The maximum absolute atomic E-state index is 11.8. The minimum absolute atomic E-state index is 0.0864. The summed E-state index contributed by atoms with van der Waals surface area (Å²) in [5.41, 5.74) is 0. The molecule has 1 fully saturated rings. The van der Waals surface area contributed by atoms with E-state index in [1.165, 1.54) is 0 Å². The standard InChI is InChI=1S/C11H22N2OS/c1-9(2)12-10(14)13-6-5-11(3,4)15-8-7-13/h9H,5-8H2,1-4H3,(H,12,14). The van der Waals surface area contributed by atoms with E-state index in [0.717, 1.165) is 25.3 Å². The van der Waals surface area contributed by atoms with E-state index in [0.29, 0.717) is 4.75 Å². The number of hydrogen-bond acceptors (Lipinski definition) is 2. The molecule has 15 heavy (non-hydrogen) atoms. The Hall–Kier alpha value is -0.380. The van der Waals surface area contributed by atoms with Gasteiger partial charge in [0.05, 0.1) is 0 Å². The smallest absolute Gasteiger partial charge is 0.317 e. The second-order valence-electron chi connectivity index (χ2n) is 4.95. The first-order chi connectivity index (χ1) is 6.91. The molecule has 1 aliphatic rings. The van der Waals surface area contributed by atoms with Crippen LogP contribution in [0.25, 0.3) is 0 Å². The first-order valence-corrected chi connectivity index (χ1v) is 6.59. The summed E-state index contributed by atoms with van der Waals surface area (Å²) >= 11 is 1.96. The maximum Gasteiger partial charge on any atom is 0.317 e. The Morgan fingerprint density at radius 2 is 2.07 bits per heavy atom. The van der Waals surface area contributed by atoms with Crippen LogP contribution in [0.15, 0.2) is 0 Å². The molecule has 0 bridgehead atoms. The Kier molecular flexibility index (Phi) is 4.32. The zero-order chi connectivity index (χ0) is 11.5. The van der Waals surface area contributed by atoms with Gasteiger partial charge in [0, 0.05) is 29.6 Å². The fourth-order valence-corrected chi connectivity index (χ4v) is 2.66. The fraction of sp³-hybridized carbons (Fsp3) is 0.909. The van der Waals surface area contributed by atoms with Gasteiger partial charge in [0.25, 0.3) is 0 Å². The molecule has 0 radical (unpaired) electrons. The highest BCUT2D eigenvalue weighted by Gasteiger charge is 2.25. The van der Waals surface area contributed by atoms with E-state index < -0.39 is 0 Å². The molecule has 88 valence electrons. The van der Waals surface area contributed by atoms with Gasteiger partial charge in [0.2, 0.25) is 0 Å². The highest BCUT2D eigenvalue weighted by atomic mass is 32.2. The summed E-state index contributed by atoms with van der Waals surface area (Å²) in [4.78, 5) is 13.7. The monoisotopic (exact) mass is 230 g/mol. The molecule has 0 unspecified atom stereocenters. The molecule has 1 N–H and O–H groups in total. The minimum Gasteiger partial charge on any atom is -0.336 e. The Balaban J connectivity index is 2.47. The van der Waals surface area contributed by atoms with Crippen LogP contribution in [-0.4, -0.2) is 40.6 Å². The van der Waals surface area contributed by atoms with Crippen LogP contribution in [0.3, 0.4) is 0 Å². The predicted molar refractivity (Wildman–Crippen MR) is 66.4 cm³/mol. The molecular weight excluding hydrogens is 208 g/mol. The number of carbonyl (C=O) groups excluding carboxylic acids is 1. The average molecular weight is 230 g/mol. The van der Waals surface area contributed by atoms with Crippen LogP contribution in [0.5, 0.6) is 0 Å². The van der Waals surface area contributed by atoms with E-state index in [1.54, 1.807) is 0 Å². The van der Waals surface area contributed by atoms with Gasteiger partial charge in [0.1, 0.15) is 0 Å². The molecular formula is C11H22N2OS. The molecule has 4 heteroatoms. The topological polar surface area (TPSA) is 32.3 Å². The molecule has 1 saturated heterocycles. The molecule has 1 aliphatic heterocycles. The molecule has 1 rings (SSSR count). The Morgan fingerprint density at radius 1 is 1.40 bits per heavy atom. The van der Waals surface area contributed by atoms with Crippen LogP contribution in [0, 0.1) is 0 Å². The number of hydrogen-bond donors (Lipinski definition) is 1. The van der Waals surface area contributed by atoms with Crippen molar-refractivity contribution in [2.45, 2.75) is 44.9 Å². The quantitative estimate of drug-likeness (QED) is 0.750. The van der Waals surface area contributed by atoms with Crippen LogP contribution in [0.1, 0.15) is 34.1 Å². The first-order valence-electron chi connectivity index (χ1n) is 5.60. The third kappa shape index (κ3) is 4.33. The van der Waals surface area contributed by atoms with E-state index in [1.807, 2.05) is 30.5 Å². The second kappa shape index (κ2) is 5.10. The Bertz CT molecular complexity index is 229. The number of amides is 2. The van der Waals surface area contributed by atoms with Gasteiger partial charge in [-0.3, -0.25) is 0 Å². The van der Waals surface area contributed by atoms with Crippen molar-refractivity contribution in [1.82, 2.24) is 10.2 Å². The first kappa shape index (κ1) is 12.7. The maximum atomic E-state index is 11.8. The molecule has 0 aromatic heterocycles. The number of carbonyl (C=O) groups is 1. The van der Waals surface area contributed by atoms with Crippen LogP contribution >= 0.6 is 11.8 Å². The number of thioether (sulfide) groups is 1. The van der Waals surface area contributed by atoms with Crippen molar-refractivity contribution in [3.63, 3.8) is 0 Å². The predicted octanol–water partition coefficient (Wildman–Crippen LogP) is 2.32. The molecule has 0 spiro atoms. The van der Waals surface area contributed by atoms with Crippen molar-refractivity contribution >= 4 is 17.8 Å². The molecule has 0 aliphatic carbocycles. The lowest BCUT2D eigenvalue weighted by Crippen LogP contribution is -2.44. The van der Waals surface area contributed by atoms with E-state index in [9.17, 15) is 4.79 Å². The third-order valence-corrected chi connectivity index (χ3v) is 3.91. The molecule has 2 amide bonds.